The van der Waals surface area contributed by atoms with Crippen LogP contribution >= 0.6 is 0 Å². The third kappa shape index (κ3) is 3.95. The topological polar surface area (TPSA) is 104 Å². The van der Waals surface area contributed by atoms with Gasteiger partial charge < -0.3 is 14.9 Å². The van der Waals surface area contributed by atoms with E-state index in [1.54, 1.807) is 19.1 Å². The molecule has 2 atom stereocenters. The molecule has 1 aromatic rings. The summed E-state index contributed by atoms with van der Waals surface area (Å²) in [4.78, 5) is 39.2. The summed E-state index contributed by atoms with van der Waals surface area (Å²) in [6.07, 6.45) is 3.12. The molecule has 1 N–H and O–H groups in total. The number of nitrogens with zero attached hydrogens (tertiary/aromatic N) is 3. The number of hydrogen-bond acceptors (Lipinski definition) is 5. The molecule has 8 heteroatoms. The van der Waals surface area contributed by atoms with Crippen molar-refractivity contribution >= 4 is 23.3 Å². The van der Waals surface area contributed by atoms with Crippen LogP contribution < -0.4 is 4.90 Å². The Morgan fingerprint density at radius 3 is 2.43 bits per heavy atom. The van der Waals surface area contributed by atoms with E-state index in [0.717, 1.165) is 25.9 Å². The van der Waals surface area contributed by atoms with Gasteiger partial charge in [-0.25, -0.2) is 0 Å². The number of carboxylic acid groups (broad SMARTS) is 1. The fourth-order valence-corrected chi connectivity index (χ4v) is 4.25. The van der Waals surface area contributed by atoms with E-state index < -0.39 is 22.9 Å². The van der Waals surface area contributed by atoms with E-state index in [4.69, 9.17) is 0 Å². The molecule has 0 spiro atoms. The number of carboxylic acids is 1. The molecule has 28 heavy (non-hydrogen) atoms. The molecule has 2 heterocycles. The molecule has 2 aliphatic rings. The van der Waals surface area contributed by atoms with Gasteiger partial charge in [-0.3, -0.25) is 19.7 Å². The van der Waals surface area contributed by atoms with Crippen LogP contribution in [0.4, 0.5) is 11.4 Å². The number of carbonyl (C=O) groups excluding carboxylic acids is 1. The normalized spacial score (nSPS) is 23.5. The fraction of sp³-hybridized carbons (Fsp3) is 0.600. The third-order valence-electron chi connectivity index (χ3n) is 6.11. The molecule has 0 radical (unpaired) electrons. The predicted octanol–water partition coefficient (Wildman–Crippen LogP) is 3.16. The highest BCUT2D eigenvalue weighted by Gasteiger charge is 2.36. The van der Waals surface area contributed by atoms with Crippen molar-refractivity contribution in [1.82, 2.24) is 4.90 Å². The van der Waals surface area contributed by atoms with E-state index in [-0.39, 0.29) is 17.2 Å². The van der Waals surface area contributed by atoms with Crippen molar-refractivity contribution in [3.05, 3.63) is 33.9 Å². The van der Waals surface area contributed by atoms with Gasteiger partial charge in [0.25, 0.3) is 11.6 Å². The molecular formula is C20H27N3O5. The first kappa shape index (κ1) is 20.1. The summed E-state index contributed by atoms with van der Waals surface area (Å²) in [5.41, 5.74) is 0.710. The van der Waals surface area contributed by atoms with Crippen molar-refractivity contribution in [2.24, 2.45) is 11.8 Å². The van der Waals surface area contributed by atoms with Crippen LogP contribution in [0.5, 0.6) is 0 Å². The first-order chi connectivity index (χ1) is 13.3. The number of rotatable bonds is 4. The van der Waals surface area contributed by atoms with Gasteiger partial charge in [0.15, 0.2) is 0 Å². The molecule has 2 aliphatic heterocycles. The Labute approximate surface area is 164 Å². The molecular weight excluding hydrogens is 362 g/mol. The summed E-state index contributed by atoms with van der Waals surface area (Å²) in [6.45, 7) is 5.89. The molecule has 2 fully saturated rings. The average Bonchev–Trinajstić information content (AvgIpc) is 2.67. The van der Waals surface area contributed by atoms with Gasteiger partial charge in [0.2, 0.25) is 0 Å². The molecule has 0 aromatic heterocycles. The Morgan fingerprint density at radius 2 is 1.82 bits per heavy atom. The van der Waals surface area contributed by atoms with Crippen LogP contribution in [-0.2, 0) is 4.79 Å². The smallest absolute Gasteiger partial charge is 0.308 e. The standard InChI is InChI=1S/C20H27N3O5/c1-13-7-10-21(11-8-13)17-6-5-15(12-18(17)23(27)28)19(24)22-9-3-4-16(14(22)2)20(25)26/h5-6,12-14,16H,3-4,7-11H2,1-2H3,(H,25,26)/t14-,16-/m0/s1. The predicted molar refractivity (Wildman–Crippen MR) is 105 cm³/mol. The van der Waals surface area contributed by atoms with Crippen molar-refractivity contribution in [3.63, 3.8) is 0 Å². The maximum atomic E-state index is 13.0. The van der Waals surface area contributed by atoms with Gasteiger partial charge in [-0.15, -0.1) is 0 Å². The lowest BCUT2D eigenvalue weighted by molar-refractivity contribution is -0.384. The number of likely N-dealkylation sites (tertiary alicyclic amines) is 1. The minimum atomic E-state index is -0.911. The van der Waals surface area contributed by atoms with Gasteiger partial charge >= 0.3 is 5.97 Å². The lowest BCUT2D eigenvalue weighted by atomic mass is 9.89. The van der Waals surface area contributed by atoms with Gasteiger partial charge in [0, 0.05) is 37.3 Å². The Kier molecular flexibility index (Phi) is 5.86. The number of aliphatic carboxylic acids is 1. The Hall–Kier alpha value is -2.64. The lowest BCUT2D eigenvalue weighted by Crippen LogP contribution is -2.49. The molecule has 152 valence electrons. The summed E-state index contributed by atoms with van der Waals surface area (Å²) >= 11 is 0. The van der Waals surface area contributed by atoms with Crippen molar-refractivity contribution in [1.29, 1.82) is 0 Å². The zero-order valence-electron chi connectivity index (χ0n) is 16.3. The minimum Gasteiger partial charge on any atom is -0.481 e. The van der Waals surface area contributed by atoms with E-state index >= 15 is 0 Å². The Balaban J connectivity index is 1.86. The largest absolute Gasteiger partial charge is 0.481 e. The highest BCUT2D eigenvalue weighted by molar-refractivity contribution is 5.96. The maximum absolute atomic E-state index is 13.0. The first-order valence-electron chi connectivity index (χ1n) is 9.86. The highest BCUT2D eigenvalue weighted by Crippen LogP contribution is 2.33. The molecule has 1 aromatic carbocycles. The summed E-state index contributed by atoms with van der Waals surface area (Å²) in [5.74, 6) is -1.26. The van der Waals surface area contributed by atoms with Crippen LogP contribution in [0, 0.1) is 22.0 Å². The van der Waals surface area contributed by atoms with Gasteiger partial charge in [-0.1, -0.05) is 6.92 Å². The molecule has 0 bridgehead atoms. The van der Waals surface area contributed by atoms with Gasteiger partial charge in [-0.2, -0.15) is 0 Å². The van der Waals surface area contributed by atoms with Gasteiger partial charge in [-0.05, 0) is 50.7 Å². The highest BCUT2D eigenvalue weighted by atomic mass is 16.6. The summed E-state index contributed by atoms with van der Waals surface area (Å²) in [7, 11) is 0. The van der Waals surface area contributed by atoms with Crippen molar-refractivity contribution in [3.8, 4) is 0 Å². The van der Waals surface area contributed by atoms with Crippen LogP contribution in [0.15, 0.2) is 18.2 Å². The molecule has 3 rings (SSSR count). The van der Waals surface area contributed by atoms with Crippen LogP contribution in [0.25, 0.3) is 0 Å². The number of nitro benzene ring substituents is 1. The molecule has 0 saturated carbocycles. The van der Waals surface area contributed by atoms with Crippen LogP contribution in [-0.4, -0.2) is 52.5 Å². The molecule has 2 saturated heterocycles. The number of piperidine rings is 2. The zero-order valence-corrected chi connectivity index (χ0v) is 16.3. The Morgan fingerprint density at radius 1 is 1.14 bits per heavy atom. The van der Waals surface area contributed by atoms with Crippen molar-refractivity contribution in [2.75, 3.05) is 24.5 Å². The second-order valence-electron chi connectivity index (χ2n) is 7.96. The van der Waals surface area contributed by atoms with E-state index in [9.17, 15) is 24.8 Å². The second-order valence-corrected chi connectivity index (χ2v) is 7.96. The molecule has 1 amide bonds. The van der Waals surface area contributed by atoms with E-state index in [0.29, 0.717) is 31.0 Å². The average molecular weight is 389 g/mol. The Bertz CT molecular complexity index is 773. The fourth-order valence-electron chi connectivity index (χ4n) is 4.25. The summed E-state index contributed by atoms with van der Waals surface area (Å²) in [5, 5.41) is 21.0. The molecule has 0 aliphatic carbocycles. The molecule has 0 unspecified atom stereocenters. The third-order valence-corrected chi connectivity index (χ3v) is 6.11. The number of carbonyl (C=O) groups is 2. The SMILES string of the molecule is CC1CCN(c2ccc(C(=O)N3CCC[C@H](C(=O)O)[C@@H]3C)cc2[N+](=O)[O-])CC1. The number of amides is 1. The van der Waals surface area contributed by atoms with Crippen LogP contribution in [0.1, 0.15) is 49.9 Å². The minimum absolute atomic E-state index is 0.0696. The van der Waals surface area contributed by atoms with Crippen molar-refractivity contribution in [2.45, 2.75) is 45.6 Å². The second kappa shape index (κ2) is 8.16. The number of anilines is 1. The van der Waals surface area contributed by atoms with E-state index in [1.807, 2.05) is 4.90 Å². The summed E-state index contributed by atoms with van der Waals surface area (Å²) < 4.78 is 0. The van der Waals surface area contributed by atoms with Gasteiger partial charge in [0.1, 0.15) is 5.69 Å². The lowest BCUT2D eigenvalue weighted by Gasteiger charge is -2.37. The quantitative estimate of drug-likeness (QED) is 0.627. The van der Waals surface area contributed by atoms with E-state index in [2.05, 4.69) is 6.92 Å². The first-order valence-corrected chi connectivity index (χ1v) is 9.86. The van der Waals surface area contributed by atoms with Crippen LogP contribution in [0.2, 0.25) is 0 Å². The number of hydrogen-bond donors (Lipinski definition) is 1. The van der Waals surface area contributed by atoms with Crippen molar-refractivity contribution < 1.29 is 19.6 Å². The number of nitro groups is 1. The monoisotopic (exact) mass is 389 g/mol. The molecule has 8 nitrogen and oxygen atoms in total. The van der Waals surface area contributed by atoms with E-state index in [1.165, 1.54) is 11.0 Å². The van der Waals surface area contributed by atoms with Crippen LogP contribution in [0.3, 0.4) is 0 Å². The maximum Gasteiger partial charge on any atom is 0.308 e. The zero-order chi connectivity index (χ0) is 20.4. The summed E-state index contributed by atoms with van der Waals surface area (Å²) in [6, 6.07) is 4.18. The number of benzene rings is 1. The van der Waals surface area contributed by atoms with Gasteiger partial charge in [0.05, 0.1) is 10.8 Å².